The van der Waals surface area contributed by atoms with E-state index in [9.17, 15) is 27.9 Å². The first kappa shape index (κ1) is 25.3. The van der Waals surface area contributed by atoms with E-state index in [0.717, 1.165) is 0 Å². The van der Waals surface area contributed by atoms with Gasteiger partial charge in [0.05, 0.1) is 18.3 Å². The zero-order chi connectivity index (χ0) is 24.2. The fourth-order valence-corrected chi connectivity index (χ4v) is 3.64. The Hall–Kier alpha value is -2.34. The molecule has 1 saturated carbocycles. The van der Waals surface area contributed by atoms with E-state index in [4.69, 9.17) is 21.1 Å². The third kappa shape index (κ3) is 7.60. The van der Waals surface area contributed by atoms with Crippen molar-refractivity contribution in [1.82, 2.24) is 10.6 Å². The van der Waals surface area contributed by atoms with Gasteiger partial charge in [0.15, 0.2) is 6.10 Å². The molecule has 1 aliphatic heterocycles. The van der Waals surface area contributed by atoms with Crippen LogP contribution in [-0.2, 0) is 19.1 Å². The minimum atomic E-state index is -4.68. The summed E-state index contributed by atoms with van der Waals surface area (Å²) in [6, 6.07) is 4.78. The molecule has 0 bridgehead atoms. The van der Waals surface area contributed by atoms with Gasteiger partial charge in [-0.15, -0.1) is 13.2 Å². The van der Waals surface area contributed by atoms with Gasteiger partial charge in [0, 0.05) is 48.5 Å². The number of alkyl halides is 3. The molecule has 0 aromatic heterocycles. The zero-order valence-corrected chi connectivity index (χ0v) is 18.2. The number of rotatable bonds is 9. The third-order valence-electron chi connectivity index (χ3n) is 5.17. The van der Waals surface area contributed by atoms with Crippen LogP contribution in [0.3, 0.4) is 0 Å². The molecule has 2 aliphatic rings. The van der Waals surface area contributed by atoms with Crippen molar-refractivity contribution in [2.24, 2.45) is 0 Å². The molecule has 182 valence electrons. The van der Waals surface area contributed by atoms with Gasteiger partial charge >= 0.3 is 6.36 Å². The van der Waals surface area contributed by atoms with Crippen LogP contribution in [0.2, 0.25) is 5.02 Å². The van der Waals surface area contributed by atoms with Crippen molar-refractivity contribution < 1.29 is 42.1 Å². The summed E-state index contributed by atoms with van der Waals surface area (Å²) in [6.45, 7) is 3.54. The predicted octanol–water partition coefficient (Wildman–Crippen LogP) is 2.74. The molecule has 8 nitrogen and oxygen atoms in total. The SMILES string of the molecule is C=C(CCNC(=O)[C@H]1C[C@@H](O)c2cc(Cl)ccc2O1)NC(=O)CO[C@H]1C[C@@H](OC(F)(F)F)C1. The zero-order valence-electron chi connectivity index (χ0n) is 17.5. The van der Waals surface area contributed by atoms with E-state index >= 15 is 0 Å². The second-order valence-corrected chi connectivity index (χ2v) is 8.26. The predicted molar refractivity (Wildman–Crippen MR) is 110 cm³/mol. The number of hydrogen-bond donors (Lipinski definition) is 3. The standard InChI is InChI=1S/C21H24ClF3N2O6/c1-11(27-19(29)10-31-13-7-14(8-13)33-21(23,24)25)4-5-26-20(30)18-9-16(28)15-6-12(22)2-3-17(15)32-18/h2-3,6,13-14,16,18,28H,1,4-5,7-10H2,(H,26,30)(H,27,29)/t13-,14+,16-,18-/m1/s1. The Morgan fingerprint density at radius 3 is 2.67 bits per heavy atom. The summed E-state index contributed by atoms with van der Waals surface area (Å²) in [5, 5.41) is 15.9. The lowest BCUT2D eigenvalue weighted by Crippen LogP contribution is -2.43. The van der Waals surface area contributed by atoms with Crippen molar-refractivity contribution in [3.63, 3.8) is 0 Å². The molecular formula is C21H24ClF3N2O6. The van der Waals surface area contributed by atoms with Gasteiger partial charge in [0.25, 0.3) is 5.91 Å². The third-order valence-corrected chi connectivity index (χ3v) is 5.41. The minimum absolute atomic E-state index is 0.0647. The maximum Gasteiger partial charge on any atom is 0.522 e. The number of carbonyl (C=O) groups excluding carboxylic acids is 2. The summed E-state index contributed by atoms with van der Waals surface area (Å²) < 4.78 is 50.9. The lowest BCUT2D eigenvalue weighted by Gasteiger charge is -2.34. The summed E-state index contributed by atoms with van der Waals surface area (Å²) in [5.74, 6) is -0.532. The molecule has 2 atom stereocenters. The summed E-state index contributed by atoms with van der Waals surface area (Å²) in [5.41, 5.74) is 0.857. The molecule has 12 heteroatoms. The normalized spacial score (nSPS) is 24.2. The Labute approximate surface area is 193 Å². The van der Waals surface area contributed by atoms with Crippen molar-refractivity contribution in [1.29, 1.82) is 0 Å². The van der Waals surface area contributed by atoms with E-state index in [1.807, 2.05) is 0 Å². The summed E-state index contributed by atoms with van der Waals surface area (Å²) in [6.07, 6.45) is -7.42. The van der Waals surface area contributed by atoms with Crippen LogP contribution in [0.4, 0.5) is 13.2 Å². The fourth-order valence-electron chi connectivity index (χ4n) is 3.46. The number of ether oxygens (including phenoxy) is 3. The highest BCUT2D eigenvalue weighted by Gasteiger charge is 2.40. The van der Waals surface area contributed by atoms with Crippen molar-refractivity contribution in [3.8, 4) is 5.75 Å². The number of fused-ring (bicyclic) bond motifs is 1. The second-order valence-electron chi connectivity index (χ2n) is 7.82. The van der Waals surface area contributed by atoms with E-state index in [0.29, 0.717) is 22.0 Å². The van der Waals surface area contributed by atoms with E-state index in [-0.39, 0.29) is 38.8 Å². The molecule has 0 radical (unpaired) electrons. The Balaban J connectivity index is 1.30. The van der Waals surface area contributed by atoms with Crippen LogP contribution in [0.1, 0.15) is 37.4 Å². The summed E-state index contributed by atoms with van der Waals surface area (Å²) >= 11 is 5.91. The van der Waals surface area contributed by atoms with Crippen LogP contribution < -0.4 is 15.4 Å². The Morgan fingerprint density at radius 1 is 1.24 bits per heavy atom. The van der Waals surface area contributed by atoms with Crippen LogP contribution in [0.15, 0.2) is 30.5 Å². The first-order valence-electron chi connectivity index (χ1n) is 10.3. The number of aliphatic hydroxyl groups excluding tert-OH is 1. The van der Waals surface area contributed by atoms with Gasteiger partial charge < -0.3 is 25.2 Å². The Bertz CT molecular complexity index is 891. The number of carbonyl (C=O) groups is 2. The Kier molecular flexibility index (Phi) is 8.22. The van der Waals surface area contributed by atoms with Gasteiger partial charge in [-0.25, -0.2) is 0 Å². The topological polar surface area (TPSA) is 106 Å². The maximum atomic E-state index is 12.4. The monoisotopic (exact) mass is 492 g/mol. The first-order valence-corrected chi connectivity index (χ1v) is 10.6. The average Bonchev–Trinajstić information content (AvgIpc) is 2.69. The smallest absolute Gasteiger partial charge is 0.480 e. The molecule has 2 amide bonds. The van der Waals surface area contributed by atoms with E-state index < -0.39 is 42.6 Å². The molecule has 33 heavy (non-hydrogen) atoms. The second kappa shape index (κ2) is 10.7. The largest absolute Gasteiger partial charge is 0.522 e. The molecule has 1 aromatic carbocycles. The number of amides is 2. The van der Waals surface area contributed by atoms with E-state index in [1.165, 1.54) is 0 Å². The van der Waals surface area contributed by atoms with Gasteiger partial charge in [0.2, 0.25) is 5.91 Å². The Morgan fingerprint density at radius 2 is 1.97 bits per heavy atom. The van der Waals surface area contributed by atoms with E-state index in [1.54, 1.807) is 18.2 Å². The molecule has 0 saturated heterocycles. The van der Waals surface area contributed by atoms with Crippen LogP contribution in [0, 0.1) is 0 Å². The summed E-state index contributed by atoms with van der Waals surface area (Å²) in [7, 11) is 0. The molecule has 3 rings (SSSR count). The van der Waals surface area contributed by atoms with Crippen LogP contribution in [0.25, 0.3) is 0 Å². The van der Waals surface area contributed by atoms with Gasteiger partial charge in [-0.3, -0.25) is 14.3 Å². The molecule has 1 aliphatic carbocycles. The lowest BCUT2D eigenvalue weighted by atomic mass is 9.92. The molecule has 0 unspecified atom stereocenters. The molecule has 0 spiro atoms. The number of nitrogens with one attached hydrogen (secondary N) is 2. The van der Waals surface area contributed by atoms with Gasteiger partial charge in [-0.2, -0.15) is 0 Å². The number of halogens is 4. The van der Waals surface area contributed by atoms with Crippen molar-refractivity contribution in [3.05, 3.63) is 41.1 Å². The highest BCUT2D eigenvalue weighted by molar-refractivity contribution is 6.30. The van der Waals surface area contributed by atoms with Crippen molar-refractivity contribution in [2.75, 3.05) is 13.2 Å². The lowest BCUT2D eigenvalue weighted by molar-refractivity contribution is -0.357. The molecule has 3 N–H and O–H groups in total. The summed E-state index contributed by atoms with van der Waals surface area (Å²) in [4.78, 5) is 24.2. The van der Waals surface area contributed by atoms with Gasteiger partial charge in [-0.1, -0.05) is 18.2 Å². The van der Waals surface area contributed by atoms with Crippen LogP contribution in [0.5, 0.6) is 5.75 Å². The average molecular weight is 493 g/mol. The highest BCUT2D eigenvalue weighted by Crippen LogP contribution is 2.36. The highest BCUT2D eigenvalue weighted by atomic mass is 35.5. The van der Waals surface area contributed by atoms with Crippen molar-refractivity contribution >= 4 is 23.4 Å². The molecule has 1 heterocycles. The van der Waals surface area contributed by atoms with Crippen LogP contribution in [-0.4, -0.2) is 54.7 Å². The van der Waals surface area contributed by atoms with Gasteiger partial charge in [0.1, 0.15) is 12.4 Å². The maximum absolute atomic E-state index is 12.4. The first-order chi connectivity index (χ1) is 15.5. The molecule has 1 aromatic rings. The van der Waals surface area contributed by atoms with E-state index in [2.05, 4.69) is 21.9 Å². The van der Waals surface area contributed by atoms with Gasteiger partial charge in [-0.05, 0) is 18.2 Å². The number of aliphatic hydroxyl groups is 1. The van der Waals surface area contributed by atoms with Crippen molar-refractivity contribution in [2.45, 2.75) is 56.5 Å². The van der Waals surface area contributed by atoms with Crippen LogP contribution >= 0.6 is 11.6 Å². The quantitative estimate of drug-likeness (QED) is 0.489. The number of benzene rings is 1. The molecule has 1 fully saturated rings. The molecular weight excluding hydrogens is 469 g/mol. The minimum Gasteiger partial charge on any atom is -0.480 e. The fraction of sp³-hybridized carbons (Fsp3) is 0.524. The number of hydrogen-bond acceptors (Lipinski definition) is 6.